The highest BCUT2D eigenvalue weighted by Gasteiger charge is 2.27. The fourth-order valence-electron chi connectivity index (χ4n) is 4.09. The van der Waals surface area contributed by atoms with E-state index in [9.17, 15) is 9.90 Å². The normalized spacial score (nSPS) is 28.8. The minimum absolute atomic E-state index is 0.0857. The summed E-state index contributed by atoms with van der Waals surface area (Å²) in [7, 11) is 0. The van der Waals surface area contributed by atoms with Crippen LogP contribution in [-0.4, -0.2) is 45.8 Å². The number of nitrogens with one attached hydrogen (secondary N) is 1. The molecule has 2 fully saturated rings. The van der Waals surface area contributed by atoms with Crippen molar-refractivity contribution < 1.29 is 14.6 Å². The maximum atomic E-state index is 11.7. The number of aliphatic hydroxyl groups is 1. The summed E-state index contributed by atoms with van der Waals surface area (Å²) < 4.78 is 5.71. The summed E-state index contributed by atoms with van der Waals surface area (Å²) in [5.74, 6) is 1.17. The van der Waals surface area contributed by atoms with Gasteiger partial charge < -0.3 is 20.9 Å². The SMILES string of the molecule is CCOC1CCC(Cc2ncc(C(N)=O)c(N[C@@H]3CCC[C@@H]3O)n2)CC1. The maximum absolute atomic E-state index is 11.7. The van der Waals surface area contributed by atoms with Gasteiger partial charge in [-0.3, -0.25) is 4.79 Å². The fraction of sp³-hybridized carbons (Fsp3) is 0.737. The molecule has 2 aliphatic rings. The number of rotatable bonds is 7. The molecule has 0 spiro atoms. The van der Waals surface area contributed by atoms with Crippen molar-refractivity contribution in [3.05, 3.63) is 17.6 Å². The van der Waals surface area contributed by atoms with Crippen molar-refractivity contribution in [1.29, 1.82) is 0 Å². The van der Waals surface area contributed by atoms with Crippen molar-refractivity contribution in [3.63, 3.8) is 0 Å². The van der Waals surface area contributed by atoms with Crippen molar-refractivity contribution >= 4 is 11.7 Å². The van der Waals surface area contributed by atoms with Crippen molar-refractivity contribution in [2.45, 2.75) is 76.5 Å². The van der Waals surface area contributed by atoms with Gasteiger partial charge in [0.15, 0.2) is 0 Å². The zero-order valence-corrected chi connectivity index (χ0v) is 15.5. The predicted octanol–water partition coefficient (Wildman–Crippen LogP) is 2.04. The van der Waals surface area contributed by atoms with Gasteiger partial charge in [-0.25, -0.2) is 9.97 Å². The molecular formula is C19H30N4O3. The van der Waals surface area contributed by atoms with Crippen LogP contribution in [-0.2, 0) is 11.2 Å². The van der Waals surface area contributed by atoms with Crippen LogP contribution in [0.3, 0.4) is 0 Å². The minimum Gasteiger partial charge on any atom is -0.391 e. The molecule has 7 heteroatoms. The van der Waals surface area contributed by atoms with E-state index in [1.54, 1.807) is 0 Å². The molecule has 0 saturated heterocycles. The van der Waals surface area contributed by atoms with Crippen LogP contribution in [0.25, 0.3) is 0 Å². The highest BCUT2D eigenvalue weighted by Crippen LogP contribution is 2.29. The number of carbonyl (C=O) groups is 1. The van der Waals surface area contributed by atoms with Gasteiger partial charge in [0.2, 0.25) is 0 Å². The molecule has 2 saturated carbocycles. The molecule has 0 aromatic carbocycles. The first-order valence-electron chi connectivity index (χ1n) is 9.78. The molecule has 7 nitrogen and oxygen atoms in total. The summed E-state index contributed by atoms with van der Waals surface area (Å²) in [5.41, 5.74) is 5.75. The Labute approximate surface area is 154 Å². The van der Waals surface area contributed by atoms with E-state index in [1.165, 1.54) is 6.20 Å². The molecule has 0 aliphatic heterocycles. The number of aliphatic hydroxyl groups excluding tert-OH is 1. The third-order valence-electron chi connectivity index (χ3n) is 5.57. The summed E-state index contributed by atoms with van der Waals surface area (Å²) in [5, 5.41) is 13.3. The zero-order chi connectivity index (χ0) is 18.5. The minimum atomic E-state index is -0.552. The number of aromatic nitrogens is 2. The van der Waals surface area contributed by atoms with E-state index >= 15 is 0 Å². The van der Waals surface area contributed by atoms with Gasteiger partial charge in [-0.05, 0) is 57.8 Å². The average molecular weight is 362 g/mol. The van der Waals surface area contributed by atoms with E-state index in [-0.39, 0.29) is 11.6 Å². The number of hydrogen-bond donors (Lipinski definition) is 3. The number of amides is 1. The van der Waals surface area contributed by atoms with Crippen molar-refractivity contribution in [2.24, 2.45) is 11.7 Å². The van der Waals surface area contributed by atoms with Gasteiger partial charge in [-0.1, -0.05) is 0 Å². The monoisotopic (exact) mass is 362 g/mol. The second-order valence-electron chi connectivity index (χ2n) is 7.46. The molecule has 4 N–H and O–H groups in total. The lowest BCUT2D eigenvalue weighted by atomic mass is 9.85. The first-order chi connectivity index (χ1) is 12.6. The van der Waals surface area contributed by atoms with E-state index in [4.69, 9.17) is 10.5 Å². The van der Waals surface area contributed by atoms with Crippen LogP contribution < -0.4 is 11.1 Å². The Morgan fingerprint density at radius 3 is 2.69 bits per heavy atom. The smallest absolute Gasteiger partial charge is 0.254 e. The van der Waals surface area contributed by atoms with E-state index in [0.29, 0.717) is 17.8 Å². The molecule has 1 aromatic heterocycles. The molecule has 0 bridgehead atoms. The van der Waals surface area contributed by atoms with Crippen molar-refractivity contribution in [2.75, 3.05) is 11.9 Å². The molecule has 3 rings (SSSR count). The van der Waals surface area contributed by atoms with Crippen LogP contribution in [0.4, 0.5) is 5.82 Å². The second-order valence-corrected chi connectivity index (χ2v) is 7.46. The van der Waals surface area contributed by atoms with Gasteiger partial charge in [0.05, 0.1) is 23.8 Å². The zero-order valence-electron chi connectivity index (χ0n) is 15.5. The molecule has 1 amide bonds. The summed E-state index contributed by atoms with van der Waals surface area (Å²) in [6, 6.07) is -0.0857. The molecule has 0 radical (unpaired) electrons. The second kappa shape index (κ2) is 8.77. The number of anilines is 1. The molecule has 144 valence electrons. The van der Waals surface area contributed by atoms with Crippen LogP contribution in [0.15, 0.2) is 6.20 Å². The first kappa shape index (κ1) is 19.0. The summed E-state index contributed by atoms with van der Waals surface area (Å²) >= 11 is 0. The standard InChI is InChI=1S/C19H30N4O3/c1-2-26-13-8-6-12(7-9-13)10-17-21-11-14(18(20)25)19(23-17)22-15-4-3-5-16(15)24/h11-13,15-16,24H,2-10H2,1H3,(H2,20,25)(H,21,22,23)/t12?,13?,15-,16+/m1/s1. The van der Waals surface area contributed by atoms with Crippen LogP contribution in [0.1, 0.15) is 68.1 Å². The third kappa shape index (κ3) is 4.71. The van der Waals surface area contributed by atoms with Crippen molar-refractivity contribution in [1.82, 2.24) is 9.97 Å². The number of ether oxygens (including phenoxy) is 1. The van der Waals surface area contributed by atoms with Gasteiger partial charge in [0.25, 0.3) is 5.91 Å². The fourth-order valence-corrected chi connectivity index (χ4v) is 4.09. The molecule has 0 unspecified atom stereocenters. The quantitative estimate of drug-likeness (QED) is 0.684. The number of nitrogens with zero attached hydrogens (tertiary/aromatic N) is 2. The highest BCUT2D eigenvalue weighted by atomic mass is 16.5. The number of primary amides is 1. The lowest BCUT2D eigenvalue weighted by Gasteiger charge is -2.28. The van der Waals surface area contributed by atoms with E-state index in [2.05, 4.69) is 15.3 Å². The molecular weight excluding hydrogens is 332 g/mol. The highest BCUT2D eigenvalue weighted by molar-refractivity contribution is 5.97. The Bertz CT molecular complexity index is 617. The lowest BCUT2D eigenvalue weighted by molar-refractivity contribution is 0.0255. The topological polar surface area (TPSA) is 110 Å². The van der Waals surface area contributed by atoms with Gasteiger partial charge in [0.1, 0.15) is 11.6 Å². The number of hydrogen-bond acceptors (Lipinski definition) is 6. The lowest BCUT2D eigenvalue weighted by Crippen LogP contribution is -2.30. The molecule has 2 atom stereocenters. The van der Waals surface area contributed by atoms with Crippen LogP contribution >= 0.6 is 0 Å². The number of nitrogens with two attached hydrogens (primary N) is 1. The third-order valence-corrected chi connectivity index (χ3v) is 5.57. The van der Waals surface area contributed by atoms with Crippen molar-refractivity contribution in [3.8, 4) is 0 Å². The predicted molar refractivity (Wildman–Crippen MR) is 98.9 cm³/mol. The Morgan fingerprint density at radius 1 is 1.31 bits per heavy atom. The van der Waals surface area contributed by atoms with Gasteiger partial charge >= 0.3 is 0 Å². The largest absolute Gasteiger partial charge is 0.391 e. The average Bonchev–Trinajstić information content (AvgIpc) is 3.02. The summed E-state index contributed by atoms with van der Waals surface area (Å²) in [6.07, 6.45) is 9.24. The van der Waals surface area contributed by atoms with Gasteiger partial charge in [0, 0.05) is 19.2 Å². The Kier molecular flexibility index (Phi) is 6.43. The van der Waals surface area contributed by atoms with Gasteiger partial charge in [-0.2, -0.15) is 0 Å². The Hall–Kier alpha value is -1.73. The molecule has 2 aliphatic carbocycles. The molecule has 26 heavy (non-hydrogen) atoms. The van der Waals surface area contributed by atoms with Crippen LogP contribution in [0.2, 0.25) is 0 Å². The number of carbonyl (C=O) groups excluding carboxylic acids is 1. The van der Waals surface area contributed by atoms with Crippen LogP contribution in [0.5, 0.6) is 0 Å². The Morgan fingerprint density at radius 2 is 2.08 bits per heavy atom. The van der Waals surface area contributed by atoms with Crippen LogP contribution in [0, 0.1) is 5.92 Å². The van der Waals surface area contributed by atoms with Gasteiger partial charge in [-0.15, -0.1) is 0 Å². The van der Waals surface area contributed by atoms with E-state index in [1.807, 2.05) is 6.92 Å². The summed E-state index contributed by atoms with van der Waals surface area (Å²) in [4.78, 5) is 20.6. The maximum Gasteiger partial charge on any atom is 0.254 e. The van der Waals surface area contributed by atoms with E-state index in [0.717, 1.165) is 63.8 Å². The first-order valence-corrected chi connectivity index (χ1v) is 9.78. The molecule has 1 aromatic rings. The van der Waals surface area contributed by atoms with E-state index < -0.39 is 12.0 Å². The molecule has 1 heterocycles. The Balaban J connectivity index is 1.66. The summed E-state index contributed by atoms with van der Waals surface area (Å²) in [6.45, 7) is 2.81.